The van der Waals surface area contributed by atoms with Crippen molar-refractivity contribution in [3.8, 4) is 17.1 Å². The lowest BCUT2D eigenvalue weighted by Crippen LogP contribution is -2.05. The summed E-state index contributed by atoms with van der Waals surface area (Å²) in [6, 6.07) is 7.79. The number of rotatable bonds is 5. The van der Waals surface area contributed by atoms with Crippen LogP contribution in [0, 0.1) is 0 Å². The second-order valence-corrected chi connectivity index (χ2v) is 4.35. The molecule has 2 N–H and O–H groups in total. The first kappa shape index (κ1) is 12.6. The van der Waals surface area contributed by atoms with Crippen molar-refractivity contribution >= 4 is 0 Å². The van der Waals surface area contributed by atoms with E-state index in [0.29, 0.717) is 18.9 Å². The molecular weight excluding hydrogens is 228 g/mol. The Bertz CT molecular complexity index is 489. The molecule has 0 fully saturated rings. The molecule has 0 aliphatic carbocycles. The fraction of sp³-hybridized carbons (Fsp3) is 0.357. The first-order valence-corrected chi connectivity index (χ1v) is 6.11. The highest BCUT2D eigenvalue weighted by Crippen LogP contribution is 2.23. The van der Waals surface area contributed by atoms with Gasteiger partial charge in [-0.25, -0.2) is 4.98 Å². The second kappa shape index (κ2) is 5.69. The van der Waals surface area contributed by atoms with E-state index in [1.165, 1.54) is 0 Å². The third-order valence-corrected chi connectivity index (χ3v) is 2.42. The third kappa shape index (κ3) is 3.11. The number of hydrogen-bond donors (Lipinski definition) is 1. The largest absolute Gasteiger partial charge is 0.491 e. The Morgan fingerprint density at radius 1 is 1.28 bits per heavy atom. The van der Waals surface area contributed by atoms with Crippen LogP contribution in [0.5, 0.6) is 5.75 Å². The van der Waals surface area contributed by atoms with Crippen LogP contribution < -0.4 is 10.5 Å². The summed E-state index contributed by atoms with van der Waals surface area (Å²) in [6.07, 6.45) is 2.56. The highest BCUT2D eigenvalue weighted by atomic mass is 16.5. The summed E-state index contributed by atoms with van der Waals surface area (Å²) >= 11 is 0. The van der Waals surface area contributed by atoms with E-state index in [1.807, 2.05) is 38.1 Å². The van der Waals surface area contributed by atoms with Gasteiger partial charge in [0.05, 0.1) is 12.3 Å². The third-order valence-electron chi connectivity index (χ3n) is 2.42. The molecule has 0 amide bonds. The van der Waals surface area contributed by atoms with Crippen LogP contribution in [0.25, 0.3) is 11.3 Å². The van der Waals surface area contributed by atoms with E-state index < -0.39 is 0 Å². The Labute approximate surface area is 107 Å². The molecule has 1 heterocycles. The molecule has 4 nitrogen and oxygen atoms in total. The maximum absolute atomic E-state index is 5.60. The number of hydrogen-bond acceptors (Lipinski definition) is 4. The fourth-order valence-electron chi connectivity index (χ4n) is 1.65. The van der Waals surface area contributed by atoms with Crippen molar-refractivity contribution in [2.45, 2.75) is 26.4 Å². The summed E-state index contributed by atoms with van der Waals surface area (Å²) in [5.74, 6) is 2.29. The number of aromatic nitrogens is 1. The molecule has 0 bridgehead atoms. The molecule has 18 heavy (non-hydrogen) atoms. The van der Waals surface area contributed by atoms with E-state index in [1.54, 1.807) is 6.20 Å². The van der Waals surface area contributed by atoms with Gasteiger partial charge in [-0.3, -0.25) is 0 Å². The van der Waals surface area contributed by atoms with Gasteiger partial charge in [-0.05, 0) is 38.1 Å². The lowest BCUT2D eigenvalue weighted by atomic mass is 10.2. The molecule has 2 rings (SSSR count). The van der Waals surface area contributed by atoms with Crippen LogP contribution in [0.1, 0.15) is 19.7 Å². The van der Waals surface area contributed by atoms with Crippen molar-refractivity contribution in [3.05, 3.63) is 36.4 Å². The highest BCUT2D eigenvalue weighted by Gasteiger charge is 2.06. The molecule has 0 saturated carbocycles. The van der Waals surface area contributed by atoms with E-state index in [9.17, 15) is 0 Å². The SMILES string of the molecule is CC(C)Oc1ccc(-c2cnc(CCN)o2)cc1. The minimum absolute atomic E-state index is 0.178. The van der Waals surface area contributed by atoms with E-state index in [4.69, 9.17) is 14.9 Å². The minimum atomic E-state index is 0.178. The van der Waals surface area contributed by atoms with E-state index in [2.05, 4.69) is 4.98 Å². The quantitative estimate of drug-likeness (QED) is 0.881. The first-order valence-electron chi connectivity index (χ1n) is 6.11. The number of nitrogens with two attached hydrogens (primary N) is 1. The maximum atomic E-state index is 5.60. The minimum Gasteiger partial charge on any atom is -0.491 e. The second-order valence-electron chi connectivity index (χ2n) is 4.35. The van der Waals surface area contributed by atoms with Crippen LogP contribution in [0.2, 0.25) is 0 Å². The van der Waals surface area contributed by atoms with Gasteiger partial charge in [-0.2, -0.15) is 0 Å². The highest BCUT2D eigenvalue weighted by molar-refractivity contribution is 5.57. The topological polar surface area (TPSA) is 61.3 Å². The summed E-state index contributed by atoms with van der Waals surface area (Å²) in [4.78, 5) is 4.18. The molecule has 0 aliphatic heterocycles. The molecule has 1 aromatic carbocycles. The number of ether oxygens (including phenoxy) is 1. The Balaban J connectivity index is 2.12. The van der Waals surface area contributed by atoms with Crippen LogP contribution in [0.15, 0.2) is 34.9 Å². The van der Waals surface area contributed by atoms with Gasteiger partial charge in [-0.1, -0.05) is 0 Å². The van der Waals surface area contributed by atoms with E-state index >= 15 is 0 Å². The normalized spacial score (nSPS) is 10.9. The maximum Gasteiger partial charge on any atom is 0.196 e. The molecule has 2 aromatic rings. The van der Waals surface area contributed by atoms with Crippen LogP contribution in [0.3, 0.4) is 0 Å². The van der Waals surface area contributed by atoms with Crippen LogP contribution in [-0.2, 0) is 6.42 Å². The molecule has 0 aliphatic rings. The molecule has 0 saturated heterocycles. The Kier molecular flexibility index (Phi) is 3.99. The average Bonchev–Trinajstić information content (AvgIpc) is 2.78. The summed E-state index contributed by atoms with van der Waals surface area (Å²) in [5.41, 5.74) is 6.45. The predicted molar refractivity (Wildman–Crippen MR) is 70.5 cm³/mol. The summed E-state index contributed by atoms with van der Waals surface area (Å²) in [6.45, 7) is 4.55. The van der Waals surface area contributed by atoms with Crippen molar-refractivity contribution < 1.29 is 9.15 Å². The molecule has 4 heteroatoms. The average molecular weight is 246 g/mol. The van der Waals surface area contributed by atoms with Crippen LogP contribution >= 0.6 is 0 Å². The lowest BCUT2D eigenvalue weighted by Gasteiger charge is -2.09. The number of benzene rings is 1. The standard InChI is InChI=1S/C14H18N2O2/c1-10(2)17-12-5-3-11(4-6-12)13-9-16-14(18-13)7-8-15/h3-6,9-10H,7-8,15H2,1-2H3. The van der Waals surface area contributed by atoms with Crippen molar-refractivity contribution in [1.29, 1.82) is 0 Å². The van der Waals surface area contributed by atoms with Gasteiger partial charge in [-0.15, -0.1) is 0 Å². The van der Waals surface area contributed by atoms with E-state index in [-0.39, 0.29) is 6.10 Å². The predicted octanol–water partition coefficient (Wildman–Crippen LogP) is 2.63. The van der Waals surface area contributed by atoms with Crippen molar-refractivity contribution in [1.82, 2.24) is 4.98 Å². The van der Waals surface area contributed by atoms with Crippen molar-refractivity contribution in [2.24, 2.45) is 5.73 Å². The molecule has 0 unspecified atom stereocenters. The van der Waals surface area contributed by atoms with Gasteiger partial charge in [0.15, 0.2) is 11.7 Å². The smallest absolute Gasteiger partial charge is 0.196 e. The van der Waals surface area contributed by atoms with Gasteiger partial charge in [0.2, 0.25) is 0 Å². The van der Waals surface area contributed by atoms with Gasteiger partial charge in [0.1, 0.15) is 5.75 Å². The van der Waals surface area contributed by atoms with E-state index in [0.717, 1.165) is 17.1 Å². The summed E-state index contributed by atoms with van der Waals surface area (Å²) < 4.78 is 11.2. The molecule has 1 aromatic heterocycles. The molecule has 0 spiro atoms. The van der Waals surface area contributed by atoms with Crippen LogP contribution in [-0.4, -0.2) is 17.6 Å². The Hall–Kier alpha value is -1.81. The zero-order chi connectivity index (χ0) is 13.0. The van der Waals surface area contributed by atoms with Gasteiger partial charge in [0, 0.05) is 18.5 Å². The summed E-state index contributed by atoms with van der Waals surface area (Å²) in [5, 5.41) is 0. The van der Waals surface area contributed by atoms with Crippen LogP contribution in [0.4, 0.5) is 0 Å². The van der Waals surface area contributed by atoms with Crippen molar-refractivity contribution in [3.63, 3.8) is 0 Å². The number of oxazole rings is 1. The van der Waals surface area contributed by atoms with Gasteiger partial charge < -0.3 is 14.9 Å². The van der Waals surface area contributed by atoms with Crippen molar-refractivity contribution in [2.75, 3.05) is 6.54 Å². The first-order chi connectivity index (χ1) is 8.69. The Morgan fingerprint density at radius 3 is 2.61 bits per heavy atom. The molecule has 96 valence electrons. The Morgan fingerprint density at radius 2 is 2.00 bits per heavy atom. The lowest BCUT2D eigenvalue weighted by molar-refractivity contribution is 0.242. The molecule has 0 atom stereocenters. The monoisotopic (exact) mass is 246 g/mol. The van der Waals surface area contributed by atoms with Gasteiger partial charge in [0.25, 0.3) is 0 Å². The zero-order valence-electron chi connectivity index (χ0n) is 10.7. The summed E-state index contributed by atoms with van der Waals surface area (Å²) in [7, 11) is 0. The molecule has 0 radical (unpaired) electrons. The fourth-order valence-corrected chi connectivity index (χ4v) is 1.65. The zero-order valence-corrected chi connectivity index (χ0v) is 10.7. The number of nitrogens with zero attached hydrogens (tertiary/aromatic N) is 1. The molecular formula is C14H18N2O2. The van der Waals surface area contributed by atoms with Gasteiger partial charge >= 0.3 is 0 Å².